The van der Waals surface area contributed by atoms with Crippen molar-refractivity contribution in [1.29, 1.82) is 0 Å². The average Bonchev–Trinajstić information content (AvgIpc) is 2.33. The molecule has 2 rings (SSSR count). The van der Waals surface area contributed by atoms with Crippen LogP contribution in [0.15, 0.2) is 41.1 Å². The zero-order valence-corrected chi connectivity index (χ0v) is 9.98. The summed E-state index contributed by atoms with van der Waals surface area (Å²) in [4.78, 5) is 8.20. The lowest BCUT2D eigenvalue weighted by Gasteiger charge is -2.04. The molecule has 0 aliphatic carbocycles. The number of hydrogen-bond donors (Lipinski definition) is 2. The third kappa shape index (κ3) is 2.77. The van der Waals surface area contributed by atoms with E-state index in [0.29, 0.717) is 5.95 Å². The van der Waals surface area contributed by atoms with E-state index in [1.165, 1.54) is 0 Å². The monoisotopic (exact) mass is 279 g/mol. The van der Waals surface area contributed by atoms with E-state index in [4.69, 9.17) is 5.11 Å². The minimum absolute atomic E-state index is 0.0507. The van der Waals surface area contributed by atoms with Crippen LogP contribution in [0.1, 0.15) is 5.56 Å². The van der Waals surface area contributed by atoms with E-state index in [1.54, 1.807) is 12.4 Å². The Labute approximate surface area is 102 Å². The smallest absolute Gasteiger partial charge is 0.227 e. The lowest BCUT2D eigenvalue weighted by molar-refractivity contribution is 0.282. The van der Waals surface area contributed by atoms with E-state index < -0.39 is 0 Å². The van der Waals surface area contributed by atoms with Crippen molar-refractivity contribution in [1.82, 2.24) is 9.97 Å². The highest BCUT2D eigenvalue weighted by molar-refractivity contribution is 9.10. The van der Waals surface area contributed by atoms with Gasteiger partial charge in [-0.2, -0.15) is 0 Å². The van der Waals surface area contributed by atoms with Crippen LogP contribution in [0.25, 0.3) is 0 Å². The highest BCUT2D eigenvalue weighted by atomic mass is 79.9. The summed E-state index contributed by atoms with van der Waals surface area (Å²) in [5, 5.41) is 12.0. The van der Waals surface area contributed by atoms with Gasteiger partial charge in [-0.1, -0.05) is 12.1 Å². The van der Waals surface area contributed by atoms with Gasteiger partial charge >= 0.3 is 0 Å². The quantitative estimate of drug-likeness (QED) is 0.906. The summed E-state index contributed by atoms with van der Waals surface area (Å²) in [7, 11) is 0. The first-order chi connectivity index (χ1) is 7.78. The number of halogens is 1. The fourth-order valence-electron chi connectivity index (χ4n) is 1.20. The van der Waals surface area contributed by atoms with Gasteiger partial charge in [0.25, 0.3) is 0 Å². The molecule has 16 heavy (non-hydrogen) atoms. The molecule has 0 unspecified atom stereocenters. The Morgan fingerprint density at radius 2 is 1.75 bits per heavy atom. The maximum atomic E-state index is 8.90. The Hall–Kier alpha value is -1.46. The molecule has 1 aromatic carbocycles. The van der Waals surface area contributed by atoms with Gasteiger partial charge in [0.1, 0.15) is 0 Å². The van der Waals surface area contributed by atoms with Gasteiger partial charge in [-0.05, 0) is 33.6 Å². The molecule has 0 fully saturated rings. The SMILES string of the molecule is OCc1ccc(Nc2ncc(Br)cn2)cc1. The van der Waals surface area contributed by atoms with Crippen molar-refractivity contribution < 1.29 is 5.11 Å². The number of aliphatic hydroxyl groups excluding tert-OH is 1. The zero-order valence-electron chi connectivity index (χ0n) is 8.39. The van der Waals surface area contributed by atoms with Crippen LogP contribution >= 0.6 is 15.9 Å². The third-order valence-corrected chi connectivity index (χ3v) is 2.42. The molecule has 0 bridgehead atoms. The number of hydrogen-bond acceptors (Lipinski definition) is 4. The van der Waals surface area contributed by atoms with Gasteiger partial charge in [-0.25, -0.2) is 9.97 Å². The first-order valence-corrected chi connectivity index (χ1v) is 5.51. The Kier molecular flexibility index (Phi) is 3.48. The molecule has 82 valence electrons. The Balaban J connectivity index is 2.11. The second kappa shape index (κ2) is 5.05. The summed E-state index contributed by atoms with van der Waals surface area (Å²) >= 11 is 3.27. The summed E-state index contributed by atoms with van der Waals surface area (Å²) < 4.78 is 0.841. The van der Waals surface area contributed by atoms with Gasteiger partial charge in [0.05, 0.1) is 11.1 Å². The summed E-state index contributed by atoms with van der Waals surface area (Å²) in [5.74, 6) is 0.542. The van der Waals surface area contributed by atoms with Crippen molar-refractivity contribution in [3.05, 3.63) is 46.7 Å². The van der Waals surface area contributed by atoms with Crippen molar-refractivity contribution >= 4 is 27.6 Å². The molecule has 0 saturated carbocycles. The van der Waals surface area contributed by atoms with Crippen LogP contribution in [0.5, 0.6) is 0 Å². The number of rotatable bonds is 3. The maximum Gasteiger partial charge on any atom is 0.227 e. The van der Waals surface area contributed by atoms with E-state index in [0.717, 1.165) is 15.7 Å². The summed E-state index contributed by atoms with van der Waals surface area (Å²) in [6.07, 6.45) is 3.36. The van der Waals surface area contributed by atoms with Gasteiger partial charge in [-0.3, -0.25) is 0 Å². The highest BCUT2D eigenvalue weighted by Gasteiger charge is 1.97. The first kappa shape index (κ1) is 11.0. The van der Waals surface area contributed by atoms with E-state index in [-0.39, 0.29) is 6.61 Å². The van der Waals surface area contributed by atoms with Crippen LogP contribution in [0.3, 0.4) is 0 Å². The molecule has 2 N–H and O–H groups in total. The number of aliphatic hydroxyl groups is 1. The number of nitrogens with one attached hydrogen (secondary N) is 1. The fourth-order valence-corrected chi connectivity index (χ4v) is 1.40. The number of nitrogens with zero attached hydrogens (tertiary/aromatic N) is 2. The van der Waals surface area contributed by atoms with Crippen molar-refractivity contribution in [3.8, 4) is 0 Å². The van der Waals surface area contributed by atoms with E-state index in [1.807, 2.05) is 24.3 Å². The van der Waals surface area contributed by atoms with Gasteiger partial charge in [-0.15, -0.1) is 0 Å². The molecule has 5 heteroatoms. The minimum atomic E-state index is 0.0507. The standard InChI is InChI=1S/C11H10BrN3O/c12-9-5-13-11(14-6-9)15-10-3-1-8(7-16)2-4-10/h1-6,16H,7H2,(H,13,14,15). The third-order valence-electron chi connectivity index (χ3n) is 2.01. The lowest BCUT2D eigenvalue weighted by atomic mass is 10.2. The molecule has 2 aromatic rings. The Bertz CT molecular complexity index is 456. The van der Waals surface area contributed by atoms with Gasteiger partial charge < -0.3 is 10.4 Å². The van der Waals surface area contributed by atoms with Crippen LogP contribution in [-0.4, -0.2) is 15.1 Å². The average molecular weight is 280 g/mol. The van der Waals surface area contributed by atoms with Crippen molar-refractivity contribution in [2.75, 3.05) is 5.32 Å². The summed E-state index contributed by atoms with van der Waals surface area (Å²) in [6, 6.07) is 7.44. The number of benzene rings is 1. The molecule has 1 heterocycles. The van der Waals surface area contributed by atoms with Crippen LogP contribution in [-0.2, 0) is 6.61 Å². The van der Waals surface area contributed by atoms with E-state index in [2.05, 4.69) is 31.2 Å². The summed E-state index contributed by atoms with van der Waals surface area (Å²) in [6.45, 7) is 0.0507. The molecular weight excluding hydrogens is 270 g/mol. The molecule has 0 saturated heterocycles. The first-order valence-electron chi connectivity index (χ1n) is 4.72. The van der Waals surface area contributed by atoms with E-state index in [9.17, 15) is 0 Å². The Morgan fingerprint density at radius 1 is 1.12 bits per heavy atom. The Morgan fingerprint density at radius 3 is 2.31 bits per heavy atom. The summed E-state index contributed by atoms with van der Waals surface area (Å²) in [5.41, 5.74) is 1.77. The number of aromatic nitrogens is 2. The number of anilines is 2. The van der Waals surface area contributed by atoms with Crippen LogP contribution in [0.2, 0.25) is 0 Å². The second-order valence-electron chi connectivity index (χ2n) is 3.20. The second-order valence-corrected chi connectivity index (χ2v) is 4.12. The fraction of sp³-hybridized carbons (Fsp3) is 0.0909. The minimum Gasteiger partial charge on any atom is -0.392 e. The lowest BCUT2D eigenvalue weighted by Crippen LogP contribution is -1.96. The van der Waals surface area contributed by atoms with Crippen molar-refractivity contribution in [3.63, 3.8) is 0 Å². The van der Waals surface area contributed by atoms with Gasteiger partial charge in [0.15, 0.2) is 0 Å². The molecule has 0 radical (unpaired) electrons. The zero-order chi connectivity index (χ0) is 11.4. The van der Waals surface area contributed by atoms with Gasteiger partial charge in [0, 0.05) is 18.1 Å². The van der Waals surface area contributed by atoms with Crippen LogP contribution in [0.4, 0.5) is 11.6 Å². The molecule has 0 aliphatic rings. The largest absolute Gasteiger partial charge is 0.392 e. The predicted molar refractivity (Wildman–Crippen MR) is 65.4 cm³/mol. The molecule has 0 aliphatic heterocycles. The van der Waals surface area contributed by atoms with Gasteiger partial charge in [0.2, 0.25) is 5.95 Å². The molecule has 0 atom stereocenters. The molecule has 4 nitrogen and oxygen atoms in total. The van der Waals surface area contributed by atoms with Crippen LogP contribution < -0.4 is 5.32 Å². The highest BCUT2D eigenvalue weighted by Crippen LogP contribution is 2.14. The van der Waals surface area contributed by atoms with E-state index >= 15 is 0 Å². The molecule has 1 aromatic heterocycles. The van der Waals surface area contributed by atoms with Crippen molar-refractivity contribution in [2.24, 2.45) is 0 Å². The van der Waals surface area contributed by atoms with Crippen LogP contribution in [0, 0.1) is 0 Å². The molecule has 0 amide bonds. The maximum absolute atomic E-state index is 8.90. The molecular formula is C11H10BrN3O. The topological polar surface area (TPSA) is 58.0 Å². The van der Waals surface area contributed by atoms with Crippen molar-refractivity contribution in [2.45, 2.75) is 6.61 Å². The molecule has 0 spiro atoms. The normalized spacial score (nSPS) is 10.1. The predicted octanol–water partition coefficient (Wildman–Crippen LogP) is 2.47.